The van der Waals surface area contributed by atoms with Gasteiger partial charge in [-0.3, -0.25) is 9.67 Å². The monoisotopic (exact) mass is 421 g/mol. The minimum Gasteiger partial charge on any atom is -0.378 e. The Kier molecular flexibility index (Phi) is 6.19. The van der Waals surface area contributed by atoms with Gasteiger partial charge in [-0.15, -0.1) is 0 Å². The van der Waals surface area contributed by atoms with Crippen molar-refractivity contribution in [2.45, 2.75) is 50.2 Å². The van der Waals surface area contributed by atoms with Gasteiger partial charge in [0.1, 0.15) is 0 Å². The van der Waals surface area contributed by atoms with E-state index in [1.165, 1.54) is 6.26 Å². The summed E-state index contributed by atoms with van der Waals surface area (Å²) in [4.78, 5) is 4.68. The molecule has 0 aromatic carbocycles. The summed E-state index contributed by atoms with van der Waals surface area (Å²) in [5.74, 6) is 0.640. The number of hydrogen-bond donors (Lipinski definition) is 2. The molecule has 8 nitrogen and oxygen atoms in total. The summed E-state index contributed by atoms with van der Waals surface area (Å²) >= 11 is 0. The van der Waals surface area contributed by atoms with E-state index in [1.807, 2.05) is 24.1 Å². The highest BCUT2D eigenvalue weighted by Gasteiger charge is 2.30. The van der Waals surface area contributed by atoms with E-state index in [0.29, 0.717) is 12.5 Å². The second-order valence-corrected chi connectivity index (χ2v) is 10.3. The van der Waals surface area contributed by atoms with Crippen molar-refractivity contribution in [2.75, 3.05) is 26.0 Å². The van der Waals surface area contributed by atoms with Gasteiger partial charge in [0.05, 0.1) is 36.9 Å². The molecular formula is C20H31N5O3S. The van der Waals surface area contributed by atoms with Crippen LogP contribution in [0.1, 0.15) is 43.7 Å². The third-order valence-corrected chi connectivity index (χ3v) is 7.00. The van der Waals surface area contributed by atoms with Crippen LogP contribution in [0.5, 0.6) is 0 Å². The molecule has 160 valence electrons. The van der Waals surface area contributed by atoms with E-state index in [0.717, 1.165) is 61.8 Å². The number of piperidine rings is 1. The first-order chi connectivity index (χ1) is 13.9. The van der Waals surface area contributed by atoms with E-state index in [-0.39, 0.29) is 18.1 Å². The Morgan fingerprint density at radius 3 is 2.79 bits per heavy atom. The first-order valence-electron chi connectivity index (χ1n) is 10.5. The van der Waals surface area contributed by atoms with Crippen LogP contribution in [0.4, 0.5) is 0 Å². The highest BCUT2D eigenvalue weighted by Crippen LogP contribution is 2.34. The lowest BCUT2D eigenvalue weighted by atomic mass is 9.84. The second kappa shape index (κ2) is 8.67. The zero-order chi connectivity index (χ0) is 20.4. The lowest BCUT2D eigenvalue weighted by Gasteiger charge is -2.34. The average Bonchev–Trinajstić information content (AvgIpc) is 3.07. The zero-order valence-corrected chi connectivity index (χ0v) is 18.0. The van der Waals surface area contributed by atoms with Crippen LogP contribution in [0, 0.1) is 5.92 Å². The minimum absolute atomic E-state index is 0.0435. The molecule has 2 fully saturated rings. The van der Waals surface area contributed by atoms with Gasteiger partial charge in [-0.25, -0.2) is 13.1 Å². The standard InChI is InChI=1S/C20H31N5O3S/c1-25-20-12-22-19(9-15(20)11-23-25)14-3-5-17(6-4-14)28-13-16-10-21-8-7-18(16)24-29(2,26)27/h9,11-12,14,16-18,21,24H,3-8,10,13H2,1-2H3/t14?,16-,17?,18-/m0/s1. The smallest absolute Gasteiger partial charge is 0.208 e. The fourth-order valence-electron chi connectivity index (χ4n) is 4.60. The number of pyridine rings is 1. The van der Waals surface area contributed by atoms with E-state index in [4.69, 9.17) is 4.74 Å². The van der Waals surface area contributed by atoms with Crippen LogP contribution < -0.4 is 10.0 Å². The Morgan fingerprint density at radius 1 is 1.24 bits per heavy atom. The molecule has 2 N–H and O–H groups in total. The molecule has 1 saturated heterocycles. The van der Waals surface area contributed by atoms with Gasteiger partial charge in [0.2, 0.25) is 10.0 Å². The molecule has 29 heavy (non-hydrogen) atoms. The van der Waals surface area contributed by atoms with E-state index in [1.54, 1.807) is 0 Å². The summed E-state index contributed by atoms with van der Waals surface area (Å²) in [6, 6.07) is 2.13. The number of hydrogen-bond acceptors (Lipinski definition) is 6. The molecule has 0 radical (unpaired) electrons. The number of ether oxygens (including phenoxy) is 1. The summed E-state index contributed by atoms with van der Waals surface area (Å²) in [6.07, 6.45) is 10.3. The number of aryl methyl sites for hydroxylation is 1. The first-order valence-corrected chi connectivity index (χ1v) is 12.4. The molecule has 2 aliphatic rings. The van der Waals surface area contributed by atoms with Crippen molar-refractivity contribution >= 4 is 20.9 Å². The fourth-order valence-corrected chi connectivity index (χ4v) is 5.46. The SMILES string of the molecule is Cn1ncc2cc(C3CCC(OC[C@@H]4CNCC[C@@H]4NS(C)(=O)=O)CC3)ncc21. The predicted molar refractivity (Wildman–Crippen MR) is 112 cm³/mol. The van der Waals surface area contributed by atoms with Crippen LogP contribution >= 0.6 is 0 Å². The highest BCUT2D eigenvalue weighted by atomic mass is 32.2. The minimum atomic E-state index is -3.20. The van der Waals surface area contributed by atoms with E-state index < -0.39 is 10.0 Å². The van der Waals surface area contributed by atoms with Crippen molar-refractivity contribution in [1.82, 2.24) is 24.8 Å². The maximum atomic E-state index is 11.6. The van der Waals surface area contributed by atoms with Gasteiger partial charge in [0.15, 0.2) is 0 Å². The molecule has 9 heteroatoms. The van der Waals surface area contributed by atoms with Crippen LogP contribution in [0.2, 0.25) is 0 Å². The topological polar surface area (TPSA) is 98.1 Å². The number of nitrogens with one attached hydrogen (secondary N) is 2. The molecule has 1 aliphatic carbocycles. The van der Waals surface area contributed by atoms with Crippen molar-refractivity contribution in [3.63, 3.8) is 0 Å². The van der Waals surface area contributed by atoms with Gasteiger partial charge in [-0.1, -0.05) is 0 Å². The van der Waals surface area contributed by atoms with Crippen molar-refractivity contribution < 1.29 is 13.2 Å². The van der Waals surface area contributed by atoms with Gasteiger partial charge in [-0.2, -0.15) is 5.10 Å². The molecule has 2 atom stereocenters. The van der Waals surface area contributed by atoms with Crippen LogP contribution in [0.15, 0.2) is 18.5 Å². The molecule has 2 aromatic rings. The van der Waals surface area contributed by atoms with E-state index in [2.05, 4.69) is 26.2 Å². The van der Waals surface area contributed by atoms with Crippen molar-refractivity contribution in [3.05, 3.63) is 24.2 Å². The van der Waals surface area contributed by atoms with Crippen LogP contribution in [0.25, 0.3) is 10.9 Å². The lowest BCUT2D eigenvalue weighted by molar-refractivity contribution is -0.00420. The highest BCUT2D eigenvalue weighted by molar-refractivity contribution is 7.88. The zero-order valence-electron chi connectivity index (χ0n) is 17.2. The molecule has 4 rings (SSSR count). The van der Waals surface area contributed by atoms with E-state index in [9.17, 15) is 8.42 Å². The lowest BCUT2D eigenvalue weighted by Crippen LogP contribution is -2.51. The number of fused-ring (bicyclic) bond motifs is 1. The molecule has 1 aliphatic heterocycles. The average molecular weight is 422 g/mol. The third-order valence-electron chi connectivity index (χ3n) is 6.27. The van der Waals surface area contributed by atoms with Crippen molar-refractivity contribution in [1.29, 1.82) is 0 Å². The first kappa shape index (κ1) is 20.7. The predicted octanol–water partition coefficient (Wildman–Crippen LogP) is 1.54. The Labute approximate surface area is 172 Å². The Morgan fingerprint density at radius 2 is 2.03 bits per heavy atom. The Hall–Kier alpha value is -1.55. The van der Waals surface area contributed by atoms with Crippen LogP contribution in [0.3, 0.4) is 0 Å². The van der Waals surface area contributed by atoms with Crippen LogP contribution in [-0.4, -0.2) is 61.3 Å². The molecule has 3 heterocycles. The largest absolute Gasteiger partial charge is 0.378 e. The number of rotatable bonds is 6. The second-order valence-electron chi connectivity index (χ2n) is 8.49. The molecule has 1 saturated carbocycles. The molecule has 0 bridgehead atoms. The normalized spacial score (nSPS) is 28.6. The van der Waals surface area contributed by atoms with Crippen LogP contribution in [-0.2, 0) is 21.8 Å². The quantitative estimate of drug-likeness (QED) is 0.734. The fraction of sp³-hybridized carbons (Fsp3) is 0.700. The summed E-state index contributed by atoms with van der Waals surface area (Å²) in [6.45, 7) is 2.22. The Balaban J connectivity index is 1.29. The van der Waals surface area contributed by atoms with Gasteiger partial charge in [-0.05, 0) is 44.7 Å². The van der Waals surface area contributed by atoms with Gasteiger partial charge in [0, 0.05) is 42.6 Å². The molecule has 2 aromatic heterocycles. The summed E-state index contributed by atoms with van der Waals surface area (Å²) < 4.78 is 34.1. The summed E-state index contributed by atoms with van der Waals surface area (Å²) in [5.41, 5.74) is 2.21. The number of sulfonamides is 1. The van der Waals surface area contributed by atoms with Crippen molar-refractivity contribution in [3.8, 4) is 0 Å². The number of nitrogens with zero attached hydrogens (tertiary/aromatic N) is 3. The van der Waals surface area contributed by atoms with E-state index >= 15 is 0 Å². The maximum absolute atomic E-state index is 11.6. The summed E-state index contributed by atoms with van der Waals surface area (Å²) in [7, 11) is -1.26. The maximum Gasteiger partial charge on any atom is 0.208 e. The van der Waals surface area contributed by atoms with Gasteiger partial charge in [0.25, 0.3) is 0 Å². The third kappa shape index (κ3) is 5.14. The number of aromatic nitrogens is 3. The van der Waals surface area contributed by atoms with Crippen molar-refractivity contribution in [2.24, 2.45) is 13.0 Å². The Bertz CT molecular complexity index is 937. The molecule has 0 amide bonds. The molecule has 0 spiro atoms. The molecule has 0 unspecified atom stereocenters. The molecular weight excluding hydrogens is 390 g/mol. The van der Waals surface area contributed by atoms with Gasteiger partial charge >= 0.3 is 0 Å². The van der Waals surface area contributed by atoms with Gasteiger partial charge < -0.3 is 10.1 Å². The summed E-state index contributed by atoms with van der Waals surface area (Å²) in [5, 5.41) is 8.80.